The number of unbranched alkanes of at least 4 members (excludes halogenated alkanes) is 16. The number of rotatable bonds is 52. The molecule has 9 nitrogen and oxygen atoms in total. The van der Waals surface area contributed by atoms with Crippen LogP contribution in [-0.4, -0.2) is 121 Å². The molecule has 0 rings (SSSR count). The zero-order chi connectivity index (χ0) is 48.4. The largest absolute Gasteiger partial charge is 0.466 e. The maximum atomic E-state index is 12.7. The molecule has 0 aliphatic rings. The number of esters is 2. The molecule has 0 aromatic rings. The van der Waals surface area contributed by atoms with Gasteiger partial charge in [0, 0.05) is 55.6 Å². The van der Waals surface area contributed by atoms with Crippen molar-refractivity contribution in [3.63, 3.8) is 0 Å². The van der Waals surface area contributed by atoms with Crippen molar-refractivity contribution in [1.29, 1.82) is 0 Å². The number of nitrogens with one attached hydrogen (secondary N) is 1. The van der Waals surface area contributed by atoms with Crippen molar-refractivity contribution in [2.75, 3.05) is 82.5 Å². The number of nitrogens with zero attached hydrogens (tertiary/aromatic N) is 2. The van der Waals surface area contributed by atoms with E-state index in [0.29, 0.717) is 52.1 Å². The smallest absolute Gasteiger partial charge is 0.307 e. The lowest BCUT2D eigenvalue weighted by Gasteiger charge is -2.23. The highest BCUT2D eigenvalue weighted by atomic mass is 33.1. The number of aliphatic hydroxyl groups excluding tert-OH is 1. The zero-order valence-electron chi connectivity index (χ0n) is 43.3. The van der Waals surface area contributed by atoms with E-state index in [9.17, 15) is 19.5 Å². The first-order valence-corrected chi connectivity index (χ1v) is 32.0. The van der Waals surface area contributed by atoms with Crippen molar-refractivity contribution >= 4 is 61.0 Å². The zero-order valence-corrected chi connectivity index (χ0v) is 46.6. The maximum Gasteiger partial charge on any atom is 0.307 e. The lowest BCUT2D eigenvalue weighted by atomic mass is 10.1. The minimum Gasteiger partial charge on any atom is -0.466 e. The van der Waals surface area contributed by atoms with Gasteiger partial charge in [-0.15, -0.1) is 0 Å². The van der Waals surface area contributed by atoms with Gasteiger partial charge in [-0.3, -0.25) is 14.4 Å². The molecular weight excluding hydrogens is 903 g/mol. The Morgan fingerprint density at radius 1 is 0.545 bits per heavy atom. The van der Waals surface area contributed by atoms with Crippen LogP contribution in [0.15, 0.2) is 12.2 Å². The summed E-state index contributed by atoms with van der Waals surface area (Å²) < 4.78 is 11.2. The van der Waals surface area contributed by atoms with E-state index in [1.807, 2.05) is 43.2 Å². The van der Waals surface area contributed by atoms with E-state index in [0.717, 1.165) is 109 Å². The van der Waals surface area contributed by atoms with Gasteiger partial charge in [0.2, 0.25) is 5.91 Å². The second-order valence-electron chi connectivity index (χ2n) is 18.7. The number of carbonyl (C=O) groups excluding carboxylic acids is 3. The van der Waals surface area contributed by atoms with E-state index in [4.69, 9.17) is 9.47 Å². The number of carbonyl (C=O) groups is 3. The van der Waals surface area contributed by atoms with Crippen LogP contribution in [0.2, 0.25) is 0 Å². The van der Waals surface area contributed by atoms with Gasteiger partial charge >= 0.3 is 11.9 Å². The van der Waals surface area contributed by atoms with Gasteiger partial charge in [0.05, 0.1) is 32.2 Å². The van der Waals surface area contributed by atoms with Gasteiger partial charge in [0.15, 0.2) is 0 Å². The fraction of sp³-hybridized carbons (Fsp3) is 0.906. The van der Waals surface area contributed by atoms with Crippen LogP contribution in [0.3, 0.4) is 0 Å². The quantitative estimate of drug-likeness (QED) is 0.0262. The van der Waals surface area contributed by atoms with Gasteiger partial charge in [-0.2, -0.15) is 0 Å². The van der Waals surface area contributed by atoms with Gasteiger partial charge in [-0.05, 0) is 103 Å². The van der Waals surface area contributed by atoms with E-state index in [1.54, 1.807) is 0 Å². The predicted molar refractivity (Wildman–Crippen MR) is 294 cm³/mol. The Morgan fingerprint density at radius 2 is 1.06 bits per heavy atom. The van der Waals surface area contributed by atoms with Crippen molar-refractivity contribution in [3.05, 3.63) is 12.2 Å². The number of allylic oxidation sites excluding steroid dienone is 1. The molecule has 0 bridgehead atoms. The first-order chi connectivity index (χ1) is 32.2. The Morgan fingerprint density at radius 3 is 1.67 bits per heavy atom. The van der Waals surface area contributed by atoms with Crippen LogP contribution in [0.25, 0.3) is 0 Å². The predicted octanol–water partition coefficient (Wildman–Crippen LogP) is 14.1. The Bertz CT molecular complexity index is 1110. The standard InChI is InChI=1S/C53H103N3O6S4/c1-6-8-10-21-32-50(57)33-22-15-13-11-12-14-16-23-34-51(58)54-37-42-55(5)38-30-39-56(40-35-52(59)61-43-25-17-19-27-46-64-63-45-9-7-2)41-36-53(60)62-44-26-18-20-28-47-65-66-48-29-24-31-49(3)4/h15,22,49-50,57H,6-14,16-21,23-48H2,1-5H3,(H,54,58)/b22-15-/t50-/m1/s1. The number of amides is 1. The van der Waals surface area contributed by atoms with Crippen LogP contribution in [0.4, 0.5) is 0 Å². The normalized spacial score (nSPS) is 12.3. The van der Waals surface area contributed by atoms with Crippen LogP contribution in [0.1, 0.15) is 214 Å². The van der Waals surface area contributed by atoms with Crippen molar-refractivity contribution < 1.29 is 29.0 Å². The number of likely N-dealkylation sites (N-methyl/N-ethyl adjacent to an activating group) is 1. The molecule has 0 heterocycles. The van der Waals surface area contributed by atoms with Crippen molar-refractivity contribution in [2.45, 2.75) is 220 Å². The summed E-state index contributed by atoms with van der Waals surface area (Å²) >= 11 is 0. The number of ether oxygens (including phenoxy) is 2. The third-order valence-corrected chi connectivity index (χ3v) is 16.8. The second-order valence-corrected chi connectivity index (χ2v) is 24.1. The molecule has 1 amide bonds. The van der Waals surface area contributed by atoms with Gasteiger partial charge in [-0.25, -0.2) is 0 Å². The number of hydrogen-bond acceptors (Lipinski definition) is 12. The molecule has 1 atom stereocenters. The van der Waals surface area contributed by atoms with E-state index in [2.05, 4.69) is 62.0 Å². The Kier molecular flexibility index (Phi) is 51.8. The minimum absolute atomic E-state index is 0.128. The van der Waals surface area contributed by atoms with E-state index < -0.39 is 0 Å². The molecule has 0 saturated carbocycles. The van der Waals surface area contributed by atoms with Crippen LogP contribution < -0.4 is 5.32 Å². The summed E-state index contributed by atoms with van der Waals surface area (Å²) in [5.41, 5.74) is 0. The molecule has 0 unspecified atom stereocenters. The number of aliphatic hydroxyl groups is 1. The Hall–Kier alpha value is -0.570. The molecule has 13 heteroatoms. The van der Waals surface area contributed by atoms with Crippen molar-refractivity contribution in [2.24, 2.45) is 5.92 Å². The third-order valence-electron chi connectivity index (χ3n) is 11.6. The molecule has 390 valence electrons. The SMILES string of the molecule is CCCCCC[C@@H](O)C/C=C\CCCCCCCC(=O)NCCN(C)CCCN(CCC(=O)OCCCCCCSSCCCC)CCC(=O)OCCCCCCSSCCCCC(C)C. The van der Waals surface area contributed by atoms with Crippen molar-refractivity contribution in [1.82, 2.24) is 15.1 Å². The van der Waals surface area contributed by atoms with Gasteiger partial charge in [0.1, 0.15) is 0 Å². The monoisotopic (exact) mass is 1010 g/mol. The van der Waals surface area contributed by atoms with Gasteiger partial charge in [-0.1, -0.05) is 173 Å². The van der Waals surface area contributed by atoms with E-state index in [-0.39, 0.29) is 23.9 Å². The van der Waals surface area contributed by atoms with Crippen molar-refractivity contribution in [3.8, 4) is 0 Å². The van der Waals surface area contributed by atoms with E-state index in [1.165, 1.54) is 106 Å². The molecule has 0 aliphatic carbocycles. The highest BCUT2D eigenvalue weighted by Gasteiger charge is 2.13. The average molecular weight is 1010 g/mol. The molecule has 2 N–H and O–H groups in total. The molecule has 0 aliphatic heterocycles. The van der Waals surface area contributed by atoms with Crippen LogP contribution in [0.5, 0.6) is 0 Å². The fourth-order valence-corrected chi connectivity index (χ4v) is 11.9. The lowest BCUT2D eigenvalue weighted by Crippen LogP contribution is -2.35. The fourth-order valence-electron chi connectivity index (χ4n) is 7.26. The maximum absolute atomic E-state index is 12.7. The molecule has 0 radical (unpaired) electrons. The summed E-state index contributed by atoms with van der Waals surface area (Å²) in [5, 5.41) is 13.2. The lowest BCUT2D eigenvalue weighted by molar-refractivity contribution is -0.144. The molecule has 0 aromatic carbocycles. The summed E-state index contributed by atoms with van der Waals surface area (Å²) in [6.07, 6.45) is 34.7. The summed E-state index contributed by atoms with van der Waals surface area (Å²) in [6.45, 7) is 14.2. The molecule has 66 heavy (non-hydrogen) atoms. The summed E-state index contributed by atoms with van der Waals surface area (Å²) in [5.74, 6) is 5.47. The molecular formula is C53H103N3O6S4. The topological polar surface area (TPSA) is 108 Å². The molecule has 0 fully saturated rings. The third kappa shape index (κ3) is 51.3. The van der Waals surface area contributed by atoms with Gasteiger partial charge < -0.3 is 29.7 Å². The summed E-state index contributed by atoms with van der Waals surface area (Å²) in [7, 11) is 10.1. The Labute approximate surface area is 423 Å². The Balaban J connectivity index is 4.36. The minimum atomic E-state index is -0.198. The summed E-state index contributed by atoms with van der Waals surface area (Å²) in [4.78, 5) is 42.3. The molecule has 0 spiro atoms. The second kappa shape index (κ2) is 52.3. The highest BCUT2D eigenvalue weighted by Crippen LogP contribution is 2.25. The first-order valence-electron chi connectivity index (χ1n) is 27.0. The number of hydrogen-bond donors (Lipinski definition) is 2. The highest BCUT2D eigenvalue weighted by molar-refractivity contribution is 8.77. The van der Waals surface area contributed by atoms with Crippen LogP contribution in [-0.2, 0) is 23.9 Å². The molecule has 0 aromatic heterocycles. The summed E-state index contributed by atoms with van der Waals surface area (Å²) in [6, 6.07) is 0. The van der Waals surface area contributed by atoms with Crippen LogP contribution >= 0.6 is 43.2 Å². The average Bonchev–Trinajstić information content (AvgIpc) is 3.29. The first kappa shape index (κ1) is 65.4. The van der Waals surface area contributed by atoms with Crippen LogP contribution in [0, 0.1) is 5.92 Å². The van der Waals surface area contributed by atoms with E-state index >= 15 is 0 Å². The van der Waals surface area contributed by atoms with Gasteiger partial charge in [0.25, 0.3) is 0 Å². The molecule has 0 saturated heterocycles.